The van der Waals surface area contributed by atoms with Gasteiger partial charge in [-0.1, -0.05) is 12.1 Å². The van der Waals surface area contributed by atoms with Gasteiger partial charge in [0.15, 0.2) is 0 Å². The molecule has 29 heavy (non-hydrogen) atoms. The summed E-state index contributed by atoms with van der Waals surface area (Å²) in [6.45, 7) is 0. The SMILES string of the molecule is COc1ccc(-n2cc(C(=O)O)c3c2[C@@H](c2cccc(OC)c2)CC(=O)N3)cc1. The molecule has 0 bridgehead atoms. The number of carboxylic acids is 1. The van der Waals surface area contributed by atoms with Crippen LogP contribution in [0.3, 0.4) is 0 Å². The van der Waals surface area contributed by atoms with Gasteiger partial charge in [0.1, 0.15) is 17.1 Å². The largest absolute Gasteiger partial charge is 0.497 e. The molecule has 3 aromatic rings. The number of benzene rings is 2. The highest BCUT2D eigenvalue weighted by atomic mass is 16.5. The van der Waals surface area contributed by atoms with Gasteiger partial charge in [-0.15, -0.1) is 0 Å². The fourth-order valence-electron chi connectivity index (χ4n) is 3.72. The normalized spacial score (nSPS) is 15.4. The highest BCUT2D eigenvalue weighted by Crippen LogP contribution is 2.42. The summed E-state index contributed by atoms with van der Waals surface area (Å²) in [4.78, 5) is 24.3. The van der Waals surface area contributed by atoms with Crippen LogP contribution in [0.4, 0.5) is 5.69 Å². The molecule has 0 saturated carbocycles. The first-order chi connectivity index (χ1) is 14.0. The minimum Gasteiger partial charge on any atom is -0.497 e. The molecular weight excluding hydrogens is 372 g/mol. The second kappa shape index (κ2) is 7.35. The third-order valence-corrected chi connectivity index (χ3v) is 5.10. The van der Waals surface area contributed by atoms with Crippen molar-refractivity contribution in [1.29, 1.82) is 0 Å². The number of fused-ring (bicyclic) bond motifs is 1. The van der Waals surface area contributed by atoms with Gasteiger partial charge in [0.05, 0.1) is 25.6 Å². The molecule has 0 spiro atoms. The van der Waals surface area contributed by atoms with E-state index in [1.54, 1.807) is 20.4 Å². The Morgan fingerprint density at radius 3 is 2.48 bits per heavy atom. The maximum Gasteiger partial charge on any atom is 0.339 e. The van der Waals surface area contributed by atoms with Crippen molar-refractivity contribution in [2.75, 3.05) is 19.5 Å². The number of anilines is 1. The Kier molecular flexibility index (Phi) is 4.72. The highest BCUT2D eigenvalue weighted by Gasteiger charge is 2.34. The molecule has 1 amide bonds. The summed E-state index contributed by atoms with van der Waals surface area (Å²) in [5, 5.41) is 12.5. The van der Waals surface area contributed by atoms with Gasteiger partial charge in [-0.2, -0.15) is 0 Å². The molecule has 0 fully saturated rings. The van der Waals surface area contributed by atoms with E-state index in [9.17, 15) is 14.7 Å². The maximum absolute atomic E-state index is 12.4. The Labute approximate surface area is 167 Å². The number of aromatic nitrogens is 1. The zero-order valence-electron chi connectivity index (χ0n) is 16.0. The van der Waals surface area contributed by atoms with Gasteiger partial charge in [-0.3, -0.25) is 4.79 Å². The molecular formula is C22H20N2O5. The average Bonchev–Trinajstić information content (AvgIpc) is 3.13. The number of carbonyl (C=O) groups excluding carboxylic acids is 1. The van der Waals surface area contributed by atoms with Crippen molar-refractivity contribution in [1.82, 2.24) is 4.57 Å². The third-order valence-electron chi connectivity index (χ3n) is 5.10. The molecule has 2 aromatic carbocycles. The van der Waals surface area contributed by atoms with E-state index in [0.717, 1.165) is 16.9 Å². The second-order valence-electron chi connectivity index (χ2n) is 6.76. The molecule has 0 saturated heterocycles. The van der Waals surface area contributed by atoms with Gasteiger partial charge in [0.2, 0.25) is 5.91 Å². The molecule has 1 atom stereocenters. The first kappa shape index (κ1) is 18.6. The molecule has 0 radical (unpaired) electrons. The summed E-state index contributed by atoms with van der Waals surface area (Å²) in [7, 11) is 3.17. The summed E-state index contributed by atoms with van der Waals surface area (Å²) >= 11 is 0. The van der Waals surface area contributed by atoms with Crippen LogP contribution in [0.25, 0.3) is 5.69 Å². The van der Waals surface area contributed by atoms with Crippen molar-refractivity contribution in [3.63, 3.8) is 0 Å². The Hall–Kier alpha value is -3.74. The molecule has 2 heterocycles. The van der Waals surface area contributed by atoms with E-state index in [0.29, 0.717) is 17.2 Å². The summed E-state index contributed by atoms with van der Waals surface area (Å²) in [5.41, 5.74) is 2.76. The maximum atomic E-state index is 12.4. The molecule has 2 N–H and O–H groups in total. The van der Waals surface area contributed by atoms with E-state index in [1.165, 1.54) is 0 Å². The lowest BCUT2D eigenvalue weighted by atomic mass is 9.88. The summed E-state index contributed by atoms with van der Waals surface area (Å²) in [6, 6.07) is 14.8. The lowest BCUT2D eigenvalue weighted by Gasteiger charge is -2.26. The van der Waals surface area contributed by atoms with Crippen molar-refractivity contribution >= 4 is 17.6 Å². The minimum absolute atomic E-state index is 0.0526. The van der Waals surface area contributed by atoms with Gasteiger partial charge < -0.3 is 24.5 Å². The number of amides is 1. The predicted molar refractivity (Wildman–Crippen MR) is 107 cm³/mol. The smallest absolute Gasteiger partial charge is 0.339 e. The molecule has 1 aliphatic heterocycles. The molecule has 1 aromatic heterocycles. The number of carboxylic acid groups (broad SMARTS) is 1. The Bertz CT molecular complexity index is 1090. The van der Waals surface area contributed by atoms with Gasteiger partial charge >= 0.3 is 5.97 Å². The monoisotopic (exact) mass is 392 g/mol. The minimum atomic E-state index is -1.10. The zero-order valence-corrected chi connectivity index (χ0v) is 16.0. The van der Waals surface area contributed by atoms with E-state index < -0.39 is 5.97 Å². The number of rotatable bonds is 5. The first-order valence-electron chi connectivity index (χ1n) is 9.08. The number of nitrogens with one attached hydrogen (secondary N) is 1. The van der Waals surface area contributed by atoms with Gasteiger partial charge in [-0.05, 0) is 42.0 Å². The Morgan fingerprint density at radius 1 is 1.10 bits per heavy atom. The quantitative estimate of drug-likeness (QED) is 0.692. The Morgan fingerprint density at radius 2 is 1.83 bits per heavy atom. The number of ether oxygens (including phenoxy) is 2. The van der Waals surface area contributed by atoms with E-state index >= 15 is 0 Å². The van der Waals surface area contributed by atoms with Crippen LogP contribution in [-0.2, 0) is 4.79 Å². The van der Waals surface area contributed by atoms with Crippen molar-refractivity contribution < 1.29 is 24.2 Å². The van der Waals surface area contributed by atoms with Crippen LogP contribution in [0.5, 0.6) is 11.5 Å². The molecule has 0 unspecified atom stereocenters. The molecule has 148 valence electrons. The van der Waals surface area contributed by atoms with Crippen molar-refractivity contribution in [3.05, 3.63) is 71.5 Å². The van der Waals surface area contributed by atoms with E-state index in [1.807, 2.05) is 53.1 Å². The summed E-state index contributed by atoms with van der Waals surface area (Å²) in [6.07, 6.45) is 1.76. The van der Waals surface area contributed by atoms with Crippen LogP contribution in [0.1, 0.15) is 34.0 Å². The van der Waals surface area contributed by atoms with E-state index in [4.69, 9.17) is 9.47 Å². The van der Waals surface area contributed by atoms with Crippen LogP contribution in [0.2, 0.25) is 0 Å². The second-order valence-corrected chi connectivity index (χ2v) is 6.76. The molecule has 1 aliphatic rings. The van der Waals surface area contributed by atoms with E-state index in [-0.39, 0.29) is 23.8 Å². The van der Waals surface area contributed by atoms with Crippen LogP contribution in [-0.4, -0.2) is 35.8 Å². The molecule has 7 heteroatoms. The number of nitrogens with zero attached hydrogens (tertiary/aromatic N) is 1. The zero-order chi connectivity index (χ0) is 20.5. The standard InChI is InChI=1S/C22H20N2O5/c1-28-15-8-6-14(7-9-15)24-12-18(22(26)27)20-21(24)17(11-19(25)23-20)13-4-3-5-16(10-13)29-2/h3-10,12,17H,11H2,1-2H3,(H,23,25)(H,26,27)/t17-/m1/s1. The number of carbonyl (C=O) groups is 2. The summed E-state index contributed by atoms with van der Waals surface area (Å²) < 4.78 is 12.4. The highest BCUT2D eigenvalue weighted by molar-refractivity contribution is 6.04. The molecule has 7 nitrogen and oxygen atoms in total. The fraction of sp³-hybridized carbons (Fsp3) is 0.182. The number of aromatic carboxylic acids is 1. The number of hydrogen-bond acceptors (Lipinski definition) is 4. The first-order valence-corrected chi connectivity index (χ1v) is 9.08. The van der Waals surface area contributed by atoms with Crippen LogP contribution < -0.4 is 14.8 Å². The number of methoxy groups -OCH3 is 2. The molecule has 4 rings (SSSR count). The van der Waals surface area contributed by atoms with Gasteiger partial charge in [-0.25, -0.2) is 4.79 Å². The van der Waals surface area contributed by atoms with Crippen LogP contribution >= 0.6 is 0 Å². The number of hydrogen-bond donors (Lipinski definition) is 2. The average molecular weight is 392 g/mol. The van der Waals surface area contributed by atoms with E-state index in [2.05, 4.69) is 5.32 Å². The van der Waals surface area contributed by atoms with Crippen molar-refractivity contribution in [2.45, 2.75) is 12.3 Å². The van der Waals surface area contributed by atoms with Gasteiger partial charge in [0, 0.05) is 24.2 Å². The Balaban J connectivity index is 1.93. The topological polar surface area (TPSA) is 89.8 Å². The van der Waals surface area contributed by atoms with Crippen LogP contribution in [0, 0.1) is 0 Å². The lowest BCUT2D eigenvalue weighted by molar-refractivity contribution is -0.116. The fourth-order valence-corrected chi connectivity index (χ4v) is 3.72. The molecule has 0 aliphatic carbocycles. The predicted octanol–water partition coefficient (Wildman–Crippen LogP) is 3.67. The van der Waals surface area contributed by atoms with Crippen LogP contribution in [0.15, 0.2) is 54.7 Å². The third kappa shape index (κ3) is 3.31. The van der Waals surface area contributed by atoms with Gasteiger partial charge in [0.25, 0.3) is 0 Å². The van der Waals surface area contributed by atoms with Crippen molar-refractivity contribution in [3.8, 4) is 17.2 Å². The lowest BCUT2D eigenvalue weighted by Crippen LogP contribution is -2.25. The van der Waals surface area contributed by atoms with Crippen molar-refractivity contribution in [2.24, 2.45) is 0 Å². The summed E-state index contributed by atoms with van der Waals surface area (Å²) in [5.74, 6) is -0.258.